The molecule has 10 nitrogen and oxygen atoms in total. The number of phenolic OH excluding ortho intramolecular Hbond substituents is 1. The maximum Gasteiger partial charge on any atom is 0.270 e. The first-order chi connectivity index (χ1) is 15.4. The first-order valence-electron chi connectivity index (χ1n) is 10.4. The van der Waals surface area contributed by atoms with Crippen LogP contribution in [0.2, 0.25) is 0 Å². The van der Waals surface area contributed by atoms with Crippen LogP contribution in [-0.4, -0.2) is 53.0 Å². The Bertz CT molecular complexity index is 1020. The summed E-state index contributed by atoms with van der Waals surface area (Å²) in [6.07, 6.45) is -2.24. The van der Waals surface area contributed by atoms with Crippen molar-refractivity contribution >= 4 is 11.4 Å². The second-order valence-electron chi connectivity index (χ2n) is 9.03. The summed E-state index contributed by atoms with van der Waals surface area (Å²) in [4.78, 5) is 10.9. The molecular formula is C23H30N2O8. The largest absolute Gasteiger partial charge is 0.506 e. The highest BCUT2D eigenvalue weighted by atomic mass is 16.7. The molecule has 0 fully saturated rings. The van der Waals surface area contributed by atoms with Crippen molar-refractivity contribution < 1.29 is 34.1 Å². The third-order valence-corrected chi connectivity index (χ3v) is 5.37. The molecule has 0 spiro atoms. The van der Waals surface area contributed by atoms with Crippen molar-refractivity contribution in [2.24, 2.45) is 0 Å². The summed E-state index contributed by atoms with van der Waals surface area (Å²) in [5.74, 6) is 0.725. The molecule has 0 unspecified atom stereocenters. The monoisotopic (exact) mass is 462 g/mol. The first kappa shape index (κ1) is 24.6. The van der Waals surface area contributed by atoms with Crippen molar-refractivity contribution in [2.75, 3.05) is 19.5 Å². The van der Waals surface area contributed by atoms with Crippen LogP contribution in [0.1, 0.15) is 39.3 Å². The Hall–Kier alpha value is -3.08. The SMILES string of the molecule is COC(OC)[C@]1(C)Oc2ccc([N+](=O)[O-])cc2[C@H](Nc2cc(OC(C)(C)C)ccc2O)[C@H]1O. The van der Waals surface area contributed by atoms with Crippen LogP contribution in [0, 0.1) is 10.1 Å². The molecule has 2 aromatic carbocycles. The standard InChI is InChI=1S/C23H30N2O8/c1-22(2,3)32-14-8-9-17(26)16(12-14)24-19-15-11-13(25(28)29)7-10-18(15)33-23(4,20(19)27)21(30-5)31-6/h7-12,19-21,24,26-27H,1-6H3/t19-,20+,23+/m0/s1. The van der Waals surface area contributed by atoms with E-state index in [1.165, 1.54) is 38.5 Å². The fraction of sp³-hybridized carbons (Fsp3) is 0.478. The molecule has 1 aliphatic rings. The molecule has 3 N–H and O–H groups in total. The molecule has 33 heavy (non-hydrogen) atoms. The number of aliphatic hydroxyl groups is 1. The van der Waals surface area contributed by atoms with Crippen molar-refractivity contribution in [2.45, 2.75) is 57.3 Å². The molecular weight excluding hydrogens is 432 g/mol. The second kappa shape index (κ2) is 9.05. The van der Waals surface area contributed by atoms with E-state index < -0.39 is 34.6 Å². The molecule has 0 bridgehead atoms. The maximum absolute atomic E-state index is 11.4. The lowest BCUT2D eigenvalue weighted by molar-refractivity contribution is -0.385. The van der Waals surface area contributed by atoms with Crippen LogP contribution in [0.15, 0.2) is 36.4 Å². The average Bonchev–Trinajstić information content (AvgIpc) is 2.73. The summed E-state index contributed by atoms with van der Waals surface area (Å²) in [6.45, 7) is 7.30. The Morgan fingerprint density at radius 3 is 2.42 bits per heavy atom. The maximum atomic E-state index is 11.4. The Balaban J connectivity index is 2.10. The lowest BCUT2D eigenvalue weighted by atomic mass is 9.84. The van der Waals surface area contributed by atoms with Crippen molar-refractivity contribution in [3.63, 3.8) is 0 Å². The quantitative estimate of drug-likeness (QED) is 0.243. The van der Waals surface area contributed by atoms with Gasteiger partial charge in [0.05, 0.1) is 16.7 Å². The molecule has 0 aliphatic carbocycles. The third kappa shape index (κ3) is 4.97. The molecule has 1 aliphatic heterocycles. The minimum atomic E-state index is -1.38. The van der Waals surface area contributed by atoms with E-state index in [9.17, 15) is 20.3 Å². The number of non-ortho nitro benzene ring substituents is 1. The Morgan fingerprint density at radius 1 is 1.18 bits per heavy atom. The van der Waals surface area contributed by atoms with Gasteiger partial charge < -0.3 is 34.5 Å². The van der Waals surface area contributed by atoms with Gasteiger partial charge in [-0.2, -0.15) is 0 Å². The second-order valence-corrected chi connectivity index (χ2v) is 9.03. The number of nitro benzene ring substituents is 1. The number of benzene rings is 2. The zero-order valence-electron chi connectivity index (χ0n) is 19.5. The summed E-state index contributed by atoms with van der Waals surface area (Å²) in [6, 6.07) is 7.89. The van der Waals surface area contributed by atoms with Gasteiger partial charge in [0.1, 0.15) is 29.0 Å². The summed E-state index contributed by atoms with van der Waals surface area (Å²) < 4.78 is 22.7. The first-order valence-corrected chi connectivity index (χ1v) is 10.4. The zero-order chi connectivity index (χ0) is 24.6. The van der Waals surface area contributed by atoms with E-state index in [4.69, 9.17) is 18.9 Å². The van der Waals surface area contributed by atoms with E-state index >= 15 is 0 Å². The van der Waals surface area contributed by atoms with Gasteiger partial charge in [-0.15, -0.1) is 0 Å². The van der Waals surface area contributed by atoms with Gasteiger partial charge in [-0.1, -0.05) is 0 Å². The Labute approximate surface area is 192 Å². The van der Waals surface area contributed by atoms with Gasteiger partial charge in [0.2, 0.25) is 0 Å². The van der Waals surface area contributed by atoms with Crippen molar-refractivity contribution in [1.29, 1.82) is 0 Å². The number of phenols is 1. The van der Waals surface area contributed by atoms with Crippen LogP contribution in [0.4, 0.5) is 11.4 Å². The van der Waals surface area contributed by atoms with Crippen molar-refractivity contribution in [3.05, 3.63) is 52.1 Å². The third-order valence-electron chi connectivity index (χ3n) is 5.37. The number of hydrogen-bond acceptors (Lipinski definition) is 9. The predicted molar refractivity (Wildman–Crippen MR) is 121 cm³/mol. The zero-order valence-corrected chi connectivity index (χ0v) is 19.5. The summed E-state index contributed by atoms with van der Waals surface area (Å²) in [5, 5.41) is 36.3. The van der Waals surface area contributed by atoms with E-state index in [1.807, 2.05) is 20.8 Å². The minimum Gasteiger partial charge on any atom is -0.506 e. The topological polar surface area (TPSA) is 133 Å². The normalized spacial score (nSPS) is 22.4. The molecule has 3 atom stereocenters. The number of ether oxygens (including phenoxy) is 4. The number of methoxy groups -OCH3 is 2. The van der Waals surface area contributed by atoms with Gasteiger partial charge >= 0.3 is 0 Å². The molecule has 2 aromatic rings. The highest BCUT2D eigenvalue weighted by Gasteiger charge is 2.52. The van der Waals surface area contributed by atoms with Gasteiger partial charge in [0, 0.05) is 38.0 Å². The summed E-state index contributed by atoms with van der Waals surface area (Å²) >= 11 is 0. The number of aromatic hydroxyl groups is 1. The predicted octanol–water partition coefficient (Wildman–Crippen LogP) is 3.76. The minimum absolute atomic E-state index is 0.0846. The number of nitrogens with one attached hydrogen (secondary N) is 1. The fourth-order valence-corrected chi connectivity index (χ4v) is 3.91. The number of nitro groups is 1. The van der Waals surface area contributed by atoms with Crippen LogP contribution in [-0.2, 0) is 9.47 Å². The Kier molecular flexibility index (Phi) is 6.73. The number of aliphatic hydroxyl groups excluding tert-OH is 1. The number of rotatable bonds is 7. The van der Waals surface area contributed by atoms with Crippen LogP contribution >= 0.6 is 0 Å². The fourth-order valence-electron chi connectivity index (χ4n) is 3.91. The Morgan fingerprint density at radius 2 is 1.85 bits per heavy atom. The summed E-state index contributed by atoms with van der Waals surface area (Å²) in [7, 11) is 2.84. The van der Waals surface area contributed by atoms with Crippen LogP contribution < -0.4 is 14.8 Å². The van der Waals surface area contributed by atoms with Crippen molar-refractivity contribution in [1.82, 2.24) is 0 Å². The average molecular weight is 462 g/mol. The van der Waals surface area contributed by atoms with Crippen LogP contribution in [0.25, 0.3) is 0 Å². The van der Waals surface area contributed by atoms with Gasteiger partial charge in [0.25, 0.3) is 5.69 Å². The molecule has 0 radical (unpaired) electrons. The van der Waals surface area contributed by atoms with Crippen LogP contribution in [0.3, 0.4) is 0 Å². The molecule has 0 aromatic heterocycles. The smallest absolute Gasteiger partial charge is 0.270 e. The number of fused-ring (bicyclic) bond motifs is 1. The van der Waals surface area contributed by atoms with E-state index in [0.717, 1.165) is 0 Å². The van der Waals surface area contributed by atoms with E-state index in [-0.39, 0.29) is 17.1 Å². The van der Waals surface area contributed by atoms with Gasteiger partial charge in [-0.05, 0) is 45.9 Å². The van der Waals surface area contributed by atoms with Gasteiger partial charge in [0.15, 0.2) is 11.9 Å². The molecule has 0 amide bonds. The molecule has 180 valence electrons. The molecule has 3 rings (SSSR count). The number of nitrogens with zero attached hydrogens (tertiary/aromatic N) is 1. The highest BCUT2D eigenvalue weighted by Crippen LogP contribution is 2.46. The van der Waals surface area contributed by atoms with Crippen molar-refractivity contribution in [3.8, 4) is 17.2 Å². The lowest BCUT2D eigenvalue weighted by Gasteiger charge is -2.46. The van der Waals surface area contributed by atoms with E-state index in [1.54, 1.807) is 19.1 Å². The molecule has 0 saturated heterocycles. The number of hydrogen-bond donors (Lipinski definition) is 3. The highest BCUT2D eigenvalue weighted by molar-refractivity contribution is 5.62. The molecule has 1 heterocycles. The molecule has 0 saturated carbocycles. The van der Waals surface area contributed by atoms with Gasteiger partial charge in [-0.3, -0.25) is 10.1 Å². The summed E-state index contributed by atoms with van der Waals surface area (Å²) in [5.41, 5.74) is -1.39. The van der Waals surface area contributed by atoms with Crippen LogP contribution in [0.5, 0.6) is 17.2 Å². The van der Waals surface area contributed by atoms with E-state index in [0.29, 0.717) is 17.1 Å². The molecule has 10 heteroatoms. The van der Waals surface area contributed by atoms with E-state index in [2.05, 4.69) is 5.32 Å². The number of anilines is 1. The van der Waals surface area contributed by atoms with Gasteiger partial charge in [-0.25, -0.2) is 0 Å². The lowest BCUT2D eigenvalue weighted by Crippen LogP contribution is -2.60.